The van der Waals surface area contributed by atoms with Gasteiger partial charge in [0.15, 0.2) is 11.5 Å². The molecule has 1 aliphatic heterocycles. The molecule has 0 atom stereocenters. The van der Waals surface area contributed by atoms with E-state index >= 15 is 0 Å². The molecule has 0 fully saturated rings. The molecular weight excluding hydrogens is 372 g/mol. The van der Waals surface area contributed by atoms with Crippen LogP contribution in [0.4, 0.5) is 17.2 Å². The molecule has 2 heterocycles. The summed E-state index contributed by atoms with van der Waals surface area (Å²) in [6, 6.07) is 14.3. The molecule has 1 aliphatic rings. The summed E-state index contributed by atoms with van der Waals surface area (Å²) < 4.78 is 16.4. The highest BCUT2D eigenvalue weighted by molar-refractivity contribution is 6.03. The minimum Gasteiger partial charge on any atom is -0.495 e. The Morgan fingerprint density at radius 2 is 1.83 bits per heavy atom. The second-order valence-electron chi connectivity index (χ2n) is 6.32. The minimum absolute atomic E-state index is 0.241. The average Bonchev–Trinajstić information content (AvgIpc) is 2.73. The minimum atomic E-state index is -0.352. The van der Waals surface area contributed by atoms with Crippen molar-refractivity contribution in [2.45, 2.75) is 6.92 Å². The normalized spacial score (nSPS) is 12.2. The maximum atomic E-state index is 12.7. The summed E-state index contributed by atoms with van der Waals surface area (Å²) in [5.41, 5.74) is 1.57. The molecule has 0 saturated heterocycles. The molecule has 0 aliphatic carbocycles. The van der Waals surface area contributed by atoms with E-state index in [1.807, 2.05) is 24.3 Å². The monoisotopic (exact) mass is 392 g/mol. The number of rotatable bonds is 5. The van der Waals surface area contributed by atoms with Crippen LogP contribution in [0.15, 0.2) is 48.5 Å². The van der Waals surface area contributed by atoms with Gasteiger partial charge in [0, 0.05) is 17.8 Å². The zero-order chi connectivity index (χ0) is 20.2. The first-order valence-corrected chi connectivity index (χ1v) is 9.09. The Kier molecular flexibility index (Phi) is 5.15. The van der Waals surface area contributed by atoms with Crippen molar-refractivity contribution in [2.75, 3.05) is 31.0 Å². The quantitative estimate of drug-likeness (QED) is 0.685. The maximum absolute atomic E-state index is 12.7. The lowest BCUT2D eigenvalue weighted by Crippen LogP contribution is -2.17. The molecule has 2 N–H and O–H groups in total. The lowest BCUT2D eigenvalue weighted by Gasteiger charge is -2.19. The molecule has 0 unspecified atom stereocenters. The summed E-state index contributed by atoms with van der Waals surface area (Å²) in [6.07, 6.45) is 0. The van der Waals surface area contributed by atoms with E-state index in [2.05, 4.69) is 20.6 Å². The highest BCUT2D eigenvalue weighted by Crippen LogP contribution is 2.32. The van der Waals surface area contributed by atoms with Crippen LogP contribution in [-0.4, -0.2) is 36.2 Å². The lowest BCUT2D eigenvalue weighted by atomic mass is 10.2. The van der Waals surface area contributed by atoms with Crippen molar-refractivity contribution in [2.24, 2.45) is 0 Å². The number of hydrogen-bond acceptors (Lipinski definition) is 7. The van der Waals surface area contributed by atoms with Gasteiger partial charge in [-0.25, -0.2) is 9.97 Å². The molecule has 0 bridgehead atoms. The molecule has 1 aromatic heterocycles. The molecule has 8 nitrogen and oxygen atoms in total. The zero-order valence-corrected chi connectivity index (χ0v) is 16.1. The summed E-state index contributed by atoms with van der Waals surface area (Å²) in [7, 11) is 1.60. The van der Waals surface area contributed by atoms with E-state index in [4.69, 9.17) is 14.2 Å². The van der Waals surface area contributed by atoms with Crippen molar-refractivity contribution in [3.63, 3.8) is 0 Å². The van der Waals surface area contributed by atoms with E-state index in [-0.39, 0.29) is 11.6 Å². The molecule has 1 amide bonds. The van der Waals surface area contributed by atoms with Crippen LogP contribution in [0.5, 0.6) is 17.2 Å². The van der Waals surface area contributed by atoms with Crippen LogP contribution in [-0.2, 0) is 0 Å². The van der Waals surface area contributed by atoms with Gasteiger partial charge in [0.1, 0.15) is 36.3 Å². The Bertz CT molecular complexity index is 1050. The van der Waals surface area contributed by atoms with Crippen LogP contribution >= 0.6 is 0 Å². The number of ether oxygens (including phenoxy) is 3. The second kappa shape index (κ2) is 8.05. The fourth-order valence-corrected chi connectivity index (χ4v) is 2.95. The number of aromatic nitrogens is 2. The number of amides is 1. The number of para-hydroxylation sites is 2. The van der Waals surface area contributed by atoms with Crippen molar-refractivity contribution >= 4 is 23.1 Å². The number of nitrogens with zero attached hydrogens (tertiary/aromatic N) is 2. The summed E-state index contributed by atoms with van der Waals surface area (Å²) >= 11 is 0. The first-order valence-electron chi connectivity index (χ1n) is 9.09. The third-order valence-electron chi connectivity index (χ3n) is 4.24. The fourth-order valence-electron chi connectivity index (χ4n) is 2.95. The molecule has 148 valence electrons. The summed E-state index contributed by atoms with van der Waals surface area (Å²) in [4.78, 5) is 21.3. The first-order chi connectivity index (χ1) is 14.1. The number of fused-ring (bicyclic) bond motifs is 1. The molecule has 4 rings (SSSR count). The van der Waals surface area contributed by atoms with E-state index in [0.717, 1.165) is 5.69 Å². The van der Waals surface area contributed by atoms with Crippen LogP contribution < -0.4 is 24.8 Å². The Morgan fingerprint density at radius 1 is 1.03 bits per heavy atom. The van der Waals surface area contributed by atoms with Crippen LogP contribution in [0.1, 0.15) is 16.3 Å². The third kappa shape index (κ3) is 4.21. The molecule has 0 radical (unpaired) electrons. The Balaban J connectivity index is 1.54. The van der Waals surface area contributed by atoms with E-state index < -0.39 is 0 Å². The number of anilines is 3. The van der Waals surface area contributed by atoms with Gasteiger partial charge in [-0.05, 0) is 31.2 Å². The van der Waals surface area contributed by atoms with Gasteiger partial charge in [-0.2, -0.15) is 0 Å². The van der Waals surface area contributed by atoms with Gasteiger partial charge < -0.3 is 24.8 Å². The number of benzene rings is 2. The highest BCUT2D eigenvalue weighted by Gasteiger charge is 2.15. The third-order valence-corrected chi connectivity index (χ3v) is 4.24. The number of aryl methyl sites for hydroxylation is 1. The molecule has 29 heavy (non-hydrogen) atoms. The van der Waals surface area contributed by atoms with Gasteiger partial charge in [0.25, 0.3) is 5.91 Å². The molecule has 0 saturated carbocycles. The summed E-state index contributed by atoms with van der Waals surface area (Å²) in [5.74, 6) is 2.55. The van der Waals surface area contributed by atoms with E-state index in [1.165, 1.54) is 0 Å². The van der Waals surface area contributed by atoms with Crippen LogP contribution in [0.25, 0.3) is 0 Å². The van der Waals surface area contributed by atoms with Gasteiger partial charge in [-0.3, -0.25) is 4.79 Å². The van der Waals surface area contributed by atoms with Gasteiger partial charge in [-0.15, -0.1) is 0 Å². The van der Waals surface area contributed by atoms with Gasteiger partial charge >= 0.3 is 0 Å². The number of hydrogen-bond donors (Lipinski definition) is 2. The predicted molar refractivity (Wildman–Crippen MR) is 108 cm³/mol. The molecule has 0 spiro atoms. The second-order valence-corrected chi connectivity index (χ2v) is 6.32. The van der Waals surface area contributed by atoms with E-state index in [1.54, 1.807) is 38.3 Å². The van der Waals surface area contributed by atoms with Crippen molar-refractivity contribution in [3.05, 3.63) is 60.0 Å². The Hall–Kier alpha value is -3.81. The lowest BCUT2D eigenvalue weighted by molar-refractivity contribution is 0.102. The largest absolute Gasteiger partial charge is 0.495 e. The average molecular weight is 392 g/mol. The van der Waals surface area contributed by atoms with Crippen LogP contribution in [0.3, 0.4) is 0 Å². The van der Waals surface area contributed by atoms with E-state index in [9.17, 15) is 4.79 Å². The number of carbonyl (C=O) groups excluding carboxylic acids is 1. The van der Waals surface area contributed by atoms with Gasteiger partial charge in [0.05, 0.1) is 12.8 Å². The standard InChI is InChI=1S/C21H20N4O4/c1-13-22-16(12-20(23-13)25-15-5-3-4-6-17(15)27-2)21(26)24-14-7-8-18-19(11-14)29-10-9-28-18/h3-8,11-12H,9-10H2,1-2H3,(H,24,26)(H,22,23,25). The molecular formula is C21H20N4O4. The summed E-state index contributed by atoms with van der Waals surface area (Å²) in [5, 5.41) is 6.00. The number of nitrogens with one attached hydrogen (secondary N) is 2. The smallest absolute Gasteiger partial charge is 0.274 e. The fraction of sp³-hybridized carbons (Fsp3) is 0.190. The predicted octanol–water partition coefficient (Wildman–Crippen LogP) is 3.56. The van der Waals surface area contributed by atoms with Crippen molar-refractivity contribution < 1.29 is 19.0 Å². The highest BCUT2D eigenvalue weighted by atomic mass is 16.6. The SMILES string of the molecule is COc1ccccc1Nc1cc(C(=O)Nc2ccc3c(c2)OCCO3)nc(C)n1. The molecule has 3 aromatic rings. The maximum Gasteiger partial charge on any atom is 0.274 e. The zero-order valence-electron chi connectivity index (χ0n) is 16.1. The van der Waals surface area contributed by atoms with Crippen molar-refractivity contribution in [1.82, 2.24) is 9.97 Å². The molecule has 8 heteroatoms. The van der Waals surface area contributed by atoms with Gasteiger partial charge in [-0.1, -0.05) is 12.1 Å². The van der Waals surface area contributed by atoms with Crippen LogP contribution in [0, 0.1) is 6.92 Å². The Labute approximate surface area is 167 Å². The van der Waals surface area contributed by atoms with E-state index in [0.29, 0.717) is 47.8 Å². The van der Waals surface area contributed by atoms with Gasteiger partial charge in [0.2, 0.25) is 0 Å². The topological polar surface area (TPSA) is 94.6 Å². The number of methoxy groups -OCH3 is 1. The molecule has 2 aromatic carbocycles. The van der Waals surface area contributed by atoms with Crippen LogP contribution in [0.2, 0.25) is 0 Å². The summed E-state index contributed by atoms with van der Waals surface area (Å²) in [6.45, 7) is 2.72. The first kappa shape index (κ1) is 18.5. The van der Waals surface area contributed by atoms with Crippen molar-refractivity contribution in [3.8, 4) is 17.2 Å². The number of carbonyl (C=O) groups is 1. The Morgan fingerprint density at radius 3 is 2.66 bits per heavy atom. The van der Waals surface area contributed by atoms with Crippen molar-refractivity contribution in [1.29, 1.82) is 0 Å².